The van der Waals surface area contributed by atoms with Gasteiger partial charge in [0.1, 0.15) is 0 Å². The molecule has 0 saturated carbocycles. The first kappa shape index (κ1) is 13.7. The number of H-pyrrole nitrogens is 1. The Morgan fingerprint density at radius 3 is 2.60 bits per heavy atom. The van der Waals surface area contributed by atoms with Gasteiger partial charge in [0.25, 0.3) is 0 Å². The highest BCUT2D eigenvalue weighted by atomic mass is 79.9. The molecule has 1 aliphatic heterocycles. The number of benzene rings is 2. The van der Waals surface area contributed by atoms with Crippen LogP contribution in [0.15, 0.2) is 57.6 Å². The zero-order valence-electron chi connectivity index (χ0n) is 10.8. The predicted octanol–water partition coefficient (Wildman–Crippen LogP) is 5.35. The Hall–Kier alpha value is -1.26. The van der Waals surface area contributed by atoms with Crippen molar-refractivity contribution in [3.8, 4) is 0 Å². The fourth-order valence-electron chi connectivity index (χ4n) is 2.28. The summed E-state index contributed by atoms with van der Waals surface area (Å²) in [4.78, 5) is 3.13. The van der Waals surface area contributed by atoms with E-state index in [-0.39, 0.29) is 0 Å². The molecular formula is C16H14Br2N2. The van der Waals surface area contributed by atoms with Crippen molar-refractivity contribution in [1.82, 2.24) is 4.98 Å². The number of fused-ring (bicyclic) bond motifs is 2. The van der Waals surface area contributed by atoms with Crippen molar-refractivity contribution in [2.24, 2.45) is 0 Å². The topological polar surface area (TPSA) is 27.8 Å². The van der Waals surface area contributed by atoms with Crippen molar-refractivity contribution in [2.75, 3.05) is 11.9 Å². The van der Waals surface area contributed by atoms with E-state index in [0.717, 1.165) is 15.5 Å². The molecule has 0 unspecified atom stereocenters. The fraction of sp³-hybridized carbons (Fsp3) is 0.125. The van der Waals surface area contributed by atoms with Crippen LogP contribution < -0.4 is 5.32 Å². The normalized spacial score (nSPS) is 12.5. The van der Waals surface area contributed by atoms with Crippen molar-refractivity contribution < 1.29 is 0 Å². The summed E-state index contributed by atoms with van der Waals surface area (Å²) < 4.78 is 2.27. The van der Waals surface area contributed by atoms with Gasteiger partial charge in [-0.1, -0.05) is 44.0 Å². The van der Waals surface area contributed by atoms with Crippen LogP contribution >= 0.6 is 31.9 Å². The molecule has 0 amide bonds. The zero-order valence-corrected chi connectivity index (χ0v) is 14.0. The second-order valence-corrected chi connectivity index (χ2v) is 6.52. The highest BCUT2D eigenvalue weighted by molar-refractivity contribution is 9.10. The summed E-state index contributed by atoms with van der Waals surface area (Å²) in [5, 5.41) is 4.56. The molecule has 2 nitrogen and oxygen atoms in total. The van der Waals surface area contributed by atoms with E-state index in [2.05, 4.69) is 78.6 Å². The Kier molecular flexibility index (Phi) is 4.13. The Bertz CT molecular complexity index is 734. The van der Waals surface area contributed by atoms with Crippen LogP contribution in [0.4, 0.5) is 5.69 Å². The van der Waals surface area contributed by atoms with Gasteiger partial charge in [-0.15, -0.1) is 0 Å². The molecule has 0 radical (unpaired) electrons. The largest absolute Gasteiger partial charge is 0.384 e. The van der Waals surface area contributed by atoms with Crippen LogP contribution in [-0.2, 0) is 6.42 Å². The minimum absolute atomic E-state index is 1.09. The van der Waals surface area contributed by atoms with Crippen LogP contribution in [0.3, 0.4) is 0 Å². The third-order valence-corrected chi connectivity index (χ3v) is 4.29. The molecule has 2 N–H and O–H groups in total. The SMILES string of the molecule is Brc1ccc2c(c1)NCC2.Brc1ccc2cc[nH]c2c1. The number of aromatic amines is 1. The van der Waals surface area contributed by atoms with Gasteiger partial charge in [-0.3, -0.25) is 0 Å². The zero-order chi connectivity index (χ0) is 13.9. The molecule has 102 valence electrons. The van der Waals surface area contributed by atoms with Gasteiger partial charge in [0.05, 0.1) is 0 Å². The Morgan fingerprint density at radius 2 is 1.70 bits per heavy atom. The molecule has 0 spiro atoms. The average Bonchev–Trinajstić information content (AvgIpc) is 3.06. The first-order valence-corrected chi connectivity index (χ1v) is 8.06. The van der Waals surface area contributed by atoms with E-state index in [0.29, 0.717) is 0 Å². The Morgan fingerprint density at radius 1 is 0.900 bits per heavy atom. The van der Waals surface area contributed by atoms with Gasteiger partial charge in [-0.2, -0.15) is 0 Å². The maximum Gasteiger partial charge on any atom is 0.0465 e. The summed E-state index contributed by atoms with van der Waals surface area (Å²) in [5.41, 5.74) is 3.90. The van der Waals surface area contributed by atoms with Crippen LogP contribution in [0.2, 0.25) is 0 Å². The lowest BCUT2D eigenvalue weighted by atomic mass is 10.2. The molecule has 0 fully saturated rings. The lowest BCUT2D eigenvalue weighted by Crippen LogP contribution is -1.90. The summed E-state index contributed by atoms with van der Waals surface area (Å²) in [6, 6.07) is 14.6. The summed E-state index contributed by atoms with van der Waals surface area (Å²) in [6.45, 7) is 1.09. The maximum atomic E-state index is 3.42. The molecule has 4 rings (SSSR count). The van der Waals surface area contributed by atoms with Crippen LogP contribution in [0.25, 0.3) is 10.9 Å². The third-order valence-electron chi connectivity index (χ3n) is 3.30. The average molecular weight is 394 g/mol. The van der Waals surface area contributed by atoms with Crippen LogP contribution in [0.5, 0.6) is 0 Å². The summed E-state index contributed by atoms with van der Waals surface area (Å²) >= 11 is 6.82. The number of halogens is 2. The molecular weight excluding hydrogens is 380 g/mol. The monoisotopic (exact) mass is 392 g/mol. The van der Waals surface area contributed by atoms with Crippen molar-refractivity contribution >= 4 is 48.5 Å². The van der Waals surface area contributed by atoms with Crippen LogP contribution in [-0.4, -0.2) is 11.5 Å². The molecule has 3 aromatic rings. The first-order valence-electron chi connectivity index (χ1n) is 6.47. The Labute approximate surface area is 134 Å². The van der Waals surface area contributed by atoms with E-state index in [1.54, 1.807) is 0 Å². The Balaban J connectivity index is 0.000000121. The predicted molar refractivity (Wildman–Crippen MR) is 92.3 cm³/mol. The van der Waals surface area contributed by atoms with E-state index in [9.17, 15) is 0 Å². The first-order chi connectivity index (χ1) is 9.72. The number of hydrogen-bond acceptors (Lipinski definition) is 1. The van der Waals surface area contributed by atoms with Gasteiger partial charge in [-0.05, 0) is 47.7 Å². The van der Waals surface area contributed by atoms with E-state index < -0.39 is 0 Å². The van der Waals surface area contributed by atoms with Gasteiger partial charge in [0.15, 0.2) is 0 Å². The minimum Gasteiger partial charge on any atom is -0.384 e. The second-order valence-electron chi connectivity index (χ2n) is 4.69. The summed E-state index contributed by atoms with van der Waals surface area (Å²) in [7, 11) is 0. The van der Waals surface area contributed by atoms with Crippen molar-refractivity contribution in [1.29, 1.82) is 0 Å². The third kappa shape index (κ3) is 3.07. The number of anilines is 1. The van der Waals surface area contributed by atoms with Crippen LogP contribution in [0, 0.1) is 0 Å². The molecule has 20 heavy (non-hydrogen) atoms. The summed E-state index contributed by atoms with van der Waals surface area (Å²) in [5.74, 6) is 0. The lowest BCUT2D eigenvalue weighted by Gasteiger charge is -1.97. The maximum absolute atomic E-state index is 3.42. The quantitative estimate of drug-likeness (QED) is 0.529. The van der Waals surface area contributed by atoms with E-state index in [1.807, 2.05) is 12.3 Å². The highest BCUT2D eigenvalue weighted by Gasteiger charge is 2.08. The van der Waals surface area contributed by atoms with E-state index in [4.69, 9.17) is 0 Å². The lowest BCUT2D eigenvalue weighted by molar-refractivity contribution is 1.11. The molecule has 0 saturated heterocycles. The van der Waals surface area contributed by atoms with Gasteiger partial charge in [-0.25, -0.2) is 0 Å². The van der Waals surface area contributed by atoms with Crippen molar-refractivity contribution in [3.63, 3.8) is 0 Å². The van der Waals surface area contributed by atoms with Gasteiger partial charge >= 0.3 is 0 Å². The van der Waals surface area contributed by atoms with Crippen molar-refractivity contribution in [3.05, 3.63) is 63.2 Å². The standard InChI is InChI=1S/C8H8BrN.C8H6BrN/c2*9-7-2-1-6-3-4-10-8(6)5-7/h1-2,5,10H,3-4H2;1-5,10H. The van der Waals surface area contributed by atoms with Gasteiger partial charge in [0, 0.05) is 32.9 Å². The molecule has 1 aromatic heterocycles. The molecule has 2 heterocycles. The van der Waals surface area contributed by atoms with Crippen LogP contribution in [0.1, 0.15) is 5.56 Å². The number of aromatic nitrogens is 1. The minimum atomic E-state index is 1.09. The highest BCUT2D eigenvalue weighted by Crippen LogP contribution is 2.25. The molecule has 0 atom stereocenters. The smallest absolute Gasteiger partial charge is 0.0465 e. The van der Waals surface area contributed by atoms with E-state index in [1.165, 1.54) is 28.6 Å². The fourth-order valence-corrected chi connectivity index (χ4v) is 3.01. The van der Waals surface area contributed by atoms with Crippen molar-refractivity contribution in [2.45, 2.75) is 6.42 Å². The van der Waals surface area contributed by atoms with Gasteiger partial charge < -0.3 is 10.3 Å². The molecule has 0 aliphatic carbocycles. The molecule has 0 bridgehead atoms. The summed E-state index contributed by atoms with van der Waals surface area (Å²) in [6.07, 6.45) is 3.11. The van der Waals surface area contributed by atoms with E-state index >= 15 is 0 Å². The number of hydrogen-bond donors (Lipinski definition) is 2. The number of nitrogens with one attached hydrogen (secondary N) is 2. The molecule has 2 aromatic carbocycles. The number of rotatable bonds is 0. The molecule has 1 aliphatic rings. The van der Waals surface area contributed by atoms with Gasteiger partial charge in [0.2, 0.25) is 0 Å². The molecule has 4 heteroatoms. The second kappa shape index (κ2) is 6.02.